The van der Waals surface area contributed by atoms with Crippen LogP contribution in [0.3, 0.4) is 0 Å². The highest BCUT2D eigenvalue weighted by molar-refractivity contribution is 5.76. The molecular weight excluding hydrogens is 222 g/mol. The van der Waals surface area contributed by atoms with E-state index in [1.807, 2.05) is 63.2 Å². The van der Waals surface area contributed by atoms with Gasteiger partial charge < -0.3 is 5.21 Å². The summed E-state index contributed by atoms with van der Waals surface area (Å²) in [5.41, 5.74) is 4.85. The van der Waals surface area contributed by atoms with Gasteiger partial charge in [0, 0.05) is 16.7 Å². The van der Waals surface area contributed by atoms with Gasteiger partial charge >= 0.3 is 0 Å². The summed E-state index contributed by atoms with van der Waals surface area (Å²) < 4.78 is 0.958. The van der Waals surface area contributed by atoms with Gasteiger partial charge in [0.05, 0.1) is 0 Å². The molecule has 0 aliphatic carbocycles. The van der Waals surface area contributed by atoms with Crippen LogP contribution in [0.25, 0.3) is 0 Å². The Bertz CT molecular complexity index is 562. The lowest BCUT2D eigenvalue weighted by molar-refractivity contribution is -0.355. The second-order valence-electron chi connectivity index (χ2n) is 4.61. The van der Waals surface area contributed by atoms with Gasteiger partial charge in [0.2, 0.25) is 5.69 Å². The summed E-state index contributed by atoms with van der Waals surface area (Å²) in [5, 5.41) is 12.2. The molecular formula is C16H17NO. The van der Waals surface area contributed by atoms with Crippen molar-refractivity contribution in [3.05, 3.63) is 69.9 Å². The van der Waals surface area contributed by atoms with Gasteiger partial charge in [0.15, 0.2) is 6.21 Å². The van der Waals surface area contributed by atoms with Gasteiger partial charge in [-0.05, 0) is 45.0 Å². The average molecular weight is 239 g/mol. The van der Waals surface area contributed by atoms with E-state index in [4.69, 9.17) is 0 Å². The van der Waals surface area contributed by atoms with Crippen LogP contribution in [0.4, 0.5) is 5.69 Å². The Kier molecular flexibility index (Phi) is 3.47. The highest BCUT2D eigenvalue weighted by Crippen LogP contribution is 2.24. The molecule has 2 rings (SSSR count). The molecule has 0 amide bonds. The molecule has 0 fully saturated rings. The Balaban J connectivity index is 2.47. The number of hydrogen-bond acceptors (Lipinski definition) is 1. The fourth-order valence-corrected chi connectivity index (χ4v) is 2.26. The van der Waals surface area contributed by atoms with E-state index in [0.29, 0.717) is 0 Å². The third-order valence-corrected chi connectivity index (χ3v) is 2.92. The van der Waals surface area contributed by atoms with Gasteiger partial charge in [-0.25, -0.2) is 0 Å². The Morgan fingerprint density at radius 2 is 1.50 bits per heavy atom. The Hall–Kier alpha value is -2.09. The molecule has 0 aliphatic heterocycles. The predicted molar refractivity (Wildman–Crippen MR) is 75.5 cm³/mol. The van der Waals surface area contributed by atoms with Crippen LogP contribution >= 0.6 is 0 Å². The third-order valence-electron chi connectivity index (χ3n) is 2.92. The first kappa shape index (κ1) is 12.4. The molecule has 0 spiro atoms. The number of hydrogen-bond donors (Lipinski definition) is 0. The zero-order chi connectivity index (χ0) is 13.1. The fourth-order valence-electron chi connectivity index (χ4n) is 2.26. The monoisotopic (exact) mass is 239 g/mol. The standard InChI is InChI=1S/C16H17NO/c1-12-9-13(2)16(14(3)10-12)17(18)11-15-7-5-4-6-8-15/h4-11H,1-3H3/b17-11-. The summed E-state index contributed by atoms with van der Waals surface area (Å²) in [6.45, 7) is 5.98. The molecule has 18 heavy (non-hydrogen) atoms. The van der Waals surface area contributed by atoms with Gasteiger partial charge in [-0.1, -0.05) is 23.8 Å². The first-order valence-electron chi connectivity index (χ1n) is 6.02. The topological polar surface area (TPSA) is 26.1 Å². The van der Waals surface area contributed by atoms with E-state index in [-0.39, 0.29) is 0 Å². The molecule has 0 bridgehead atoms. The minimum Gasteiger partial charge on any atom is -0.618 e. The highest BCUT2D eigenvalue weighted by Gasteiger charge is 2.11. The van der Waals surface area contributed by atoms with E-state index in [1.54, 1.807) is 6.21 Å². The van der Waals surface area contributed by atoms with Crippen molar-refractivity contribution in [2.24, 2.45) is 0 Å². The van der Waals surface area contributed by atoms with Crippen LogP contribution < -0.4 is 0 Å². The molecule has 2 nitrogen and oxygen atoms in total. The van der Waals surface area contributed by atoms with Crippen LogP contribution in [0.2, 0.25) is 0 Å². The van der Waals surface area contributed by atoms with Gasteiger partial charge in [0.1, 0.15) is 0 Å². The largest absolute Gasteiger partial charge is 0.618 e. The Morgan fingerprint density at radius 3 is 2.06 bits per heavy atom. The van der Waals surface area contributed by atoms with Gasteiger partial charge in [-0.2, -0.15) is 4.74 Å². The van der Waals surface area contributed by atoms with Crippen LogP contribution in [0.1, 0.15) is 22.3 Å². The maximum absolute atomic E-state index is 12.2. The molecule has 0 aromatic heterocycles. The molecule has 0 heterocycles. The van der Waals surface area contributed by atoms with E-state index in [9.17, 15) is 5.21 Å². The maximum atomic E-state index is 12.2. The Labute approximate surface area is 108 Å². The van der Waals surface area contributed by atoms with Crippen molar-refractivity contribution in [1.82, 2.24) is 0 Å². The molecule has 0 N–H and O–H groups in total. The van der Waals surface area contributed by atoms with Crippen LogP contribution in [0.15, 0.2) is 42.5 Å². The van der Waals surface area contributed by atoms with Crippen LogP contribution in [0, 0.1) is 26.0 Å². The number of benzene rings is 2. The molecule has 0 atom stereocenters. The maximum Gasteiger partial charge on any atom is 0.222 e. The fraction of sp³-hybridized carbons (Fsp3) is 0.188. The van der Waals surface area contributed by atoms with Crippen molar-refractivity contribution in [3.8, 4) is 0 Å². The number of aryl methyl sites for hydroxylation is 3. The second kappa shape index (κ2) is 5.05. The summed E-state index contributed by atoms with van der Waals surface area (Å²) >= 11 is 0. The van der Waals surface area contributed by atoms with Gasteiger partial charge in [-0.15, -0.1) is 0 Å². The molecule has 0 saturated carbocycles. The van der Waals surface area contributed by atoms with Crippen LogP contribution in [-0.4, -0.2) is 11.0 Å². The van der Waals surface area contributed by atoms with Crippen molar-refractivity contribution < 1.29 is 4.74 Å². The SMILES string of the molecule is Cc1cc(C)c(/[N+]([O-])=C/c2ccccc2)c(C)c1. The number of nitrogens with zero attached hydrogens (tertiary/aromatic N) is 1. The first-order valence-corrected chi connectivity index (χ1v) is 6.02. The summed E-state index contributed by atoms with van der Waals surface area (Å²) in [4.78, 5) is 0. The minimum absolute atomic E-state index is 0.740. The zero-order valence-corrected chi connectivity index (χ0v) is 11.0. The van der Waals surface area contributed by atoms with Crippen molar-refractivity contribution in [2.75, 3.05) is 0 Å². The smallest absolute Gasteiger partial charge is 0.222 e. The molecule has 0 unspecified atom stereocenters. The number of rotatable bonds is 2. The average Bonchev–Trinajstić information content (AvgIpc) is 2.28. The summed E-state index contributed by atoms with van der Waals surface area (Å²) in [6, 6.07) is 13.7. The molecule has 0 radical (unpaired) electrons. The Morgan fingerprint density at radius 1 is 0.944 bits per heavy atom. The summed E-state index contributed by atoms with van der Waals surface area (Å²) in [5.74, 6) is 0. The van der Waals surface area contributed by atoms with Crippen LogP contribution in [-0.2, 0) is 0 Å². The van der Waals surface area contributed by atoms with Crippen molar-refractivity contribution in [2.45, 2.75) is 20.8 Å². The van der Waals surface area contributed by atoms with E-state index in [0.717, 1.165) is 27.1 Å². The van der Waals surface area contributed by atoms with E-state index in [1.165, 1.54) is 5.56 Å². The molecule has 2 aromatic rings. The lowest BCUT2D eigenvalue weighted by atomic mass is 10.1. The molecule has 0 saturated heterocycles. The van der Waals surface area contributed by atoms with Crippen molar-refractivity contribution in [3.63, 3.8) is 0 Å². The lowest BCUT2D eigenvalue weighted by Gasteiger charge is -2.10. The van der Waals surface area contributed by atoms with Crippen LogP contribution in [0.5, 0.6) is 0 Å². The highest BCUT2D eigenvalue weighted by atomic mass is 16.5. The quantitative estimate of drug-likeness (QED) is 0.338. The van der Waals surface area contributed by atoms with E-state index < -0.39 is 0 Å². The second-order valence-corrected chi connectivity index (χ2v) is 4.61. The predicted octanol–water partition coefficient (Wildman–Crippen LogP) is 3.87. The lowest BCUT2D eigenvalue weighted by Crippen LogP contribution is -2.03. The molecule has 2 heteroatoms. The van der Waals surface area contributed by atoms with Crippen molar-refractivity contribution >= 4 is 11.9 Å². The zero-order valence-electron chi connectivity index (χ0n) is 11.0. The molecule has 92 valence electrons. The van der Waals surface area contributed by atoms with E-state index >= 15 is 0 Å². The first-order chi connectivity index (χ1) is 8.58. The van der Waals surface area contributed by atoms with E-state index in [2.05, 4.69) is 0 Å². The van der Waals surface area contributed by atoms with Crippen molar-refractivity contribution in [1.29, 1.82) is 0 Å². The van der Waals surface area contributed by atoms with Gasteiger partial charge in [-0.3, -0.25) is 0 Å². The summed E-state index contributed by atoms with van der Waals surface area (Å²) in [7, 11) is 0. The molecule has 2 aromatic carbocycles. The molecule has 0 aliphatic rings. The van der Waals surface area contributed by atoms with Gasteiger partial charge in [0.25, 0.3) is 0 Å². The summed E-state index contributed by atoms with van der Waals surface area (Å²) in [6.07, 6.45) is 1.62. The minimum atomic E-state index is 0.740. The third kappa shape index (κ3) is 2.59. The normalized spacial score (nSPS) is 11.6.